The normalized spacial score (nSPS) is 15.5. The zero-order chi connectivity index (χ0) is 98.7. The molecule has 1 aliphatic rings. The molecule has 0 radical (unpaired) electrons. The van der Waals surface area contributed by atoms with Crippen molar-refractivity contribution in [1.29, 1.82) is 10.8 Å². The number of benzene rings is 4. The second kappa shape index (κ2) is 53.0. The van der Waals surface area contributed by atoms with E-state index in [1.54, 1.807) is 50.8 Å². The molecule has 1 saturated heterocycles. The van der Waals surface area contributed by atoms with E-state index in [1.807, 2.05) is 113 Å². The van der Waals surface area contributed by atoms with E-state index in [2.05, 4.69) is 89.1 Å². The molecule has 738 valence electrons. The molecule has 4 aromatic carbocycles. The lowest BCUT2D eigenvalue weighted by atomic mass is 9.97. The first-order valence-corrected chi connectivity index (χ1v) is 47.3. The van der Waals surface area contributed by atoms with Gasteiger partial charge in [0.25, 0.3) is 0 Å². The number of hydrogen-bond acceptors (Lipinski definition) is 19. The Kier molecular flexibility index (Phi) is 41.4. The molecule has 1 fully saturated rings. The molecule has 9 rings (SSSR count). The number of nitrogens with one attached hydrogen (secondary N) is 19. The van der Waals surface area contributed by atoms with Gasteiger partial charge >= 0.3 is 5.97 Å². The minimum absolute atomic E-state index is 0.0166. The fourth-order valence-corrected chi connectivity index (χ4v) is 17.0. The van der Waals surface area contributed by atoms with Crippen molar-refractivity contribution in [2.45, 2.75) is 255 Å². The van der Waals surface area contributed by atoms with Crippen LogP contribution in [0.3, 0.4) is 0 Å². The van der Waals surface area contributed by atoms with Gasteiger partial charge in [0.2, 0.25) is 70.9 Å². The standard InChI is InChI=1S/C96H140N26O14/c1-7-56(6)80(100)91(132)118-74(45-54(2)3)86(127)113-69(33-16-19-39-97)82(123)111-70(34-17-20-40-98)85(126)116-77(48-59-52-109-67-31-14-10-27-63(59)67)89(130)121-81(55(4)5)92(133)119-76(47-58-51-108-66-30-13-9-26-62(58)66)88(129)120-78(49-60-53-110-68-32-15-11-28-64(60)68)93(134)122-44-24-38-79(122)90(131)117-75(46-57-50-107-65-29-12-8-25-61(57)65)87(128)114-71(36-22-42-105-95(101)102)83(124)112-72(37-23-43-106-96(103)104)84(125)115-73(94(135)136)35-18-21-41-99/h8-15,25-32,50-56,69-81,107-110H,7,16-24,33-49,97-100H2,1-6H3,(H,111,123)(H,112,124)(H,113,127)(H,114,128)(H,115,125)(H,116,126)(H,117,131)(H,118,132)(H,119,133)(H,120,129)(H,121,130)(H,135,136)(H4,101,102,105)(H4,103,104,106)/t56-,69-,70-,71-,72-,73-,74-,75-,76-,77-,78-,79-,80-,81-/m0/s1. The lowest BCUT2D eigenvalue weighted by Gasteiger charge is -2.31. The number of H-pyrrole nitrogens is 4. The minimum atomic E-state index is -1.53. The molecule has 136 heavy (non-hydrogen) atoms. The summed E-state index contributed by atoms with van der Waals surface area (Å²) in [6.45, 7) is 11.8. The second-order valence-corrected chi connectivity index (χ2v) is 36.0. The maximum absolute atomic E-state index is 16.1. The van der Waals surface area contributed by atoms with Gasteiger partial charge in [-0.2, -0.15) is 0 Å². The van der Waals surface area contributed by atoms with E-state index in [0.29, 0.717) is 111 Å². The molecule has 1 aliphatic heterocycles. The smallest absolute Gasteiger partial charge is 0.326 e. The van der Waals surface area contributed by atoms with Crippen molar-refractivity contribution in [3.8, 4) is 0 Å². The number of nitrogens with zero attached hydrogens (tertiary/aromatic N) is 1. The number of guanidine groups is 2. The van der Waals surface area contributed by atoms with Crippen LogP contribution in [0.4, 0.5) is 0 Å². The van der Waals surface area contributed by atoms with Crippen LogP contribution >= 0.6 is 0 Å². The number of likely N-dealkylation sites (tertiary alicyclic amines) is 1. The molecular weight excluding hydrogens is 1740 g/mol. The molecule has 0 unspecified atom stereocenters. The van der Waals surface area contributed by atoms with Crippen LogP contribution in [0.15, 0.2) is 122 Å². The molecule has 0 saturated carbocycles. The summed E-state index contributed by atoms with van der Waals surface area (Å²) in [5, 5.41) is 65.1. The molecule has 4 aromatic heterocycles. The van der Waals surface area contributed by atoms with Crippen molar-refractivity contribution in [2.24, 2.45) is 52.2 Å². The Hall–Kier alpha value is -13.5. The number of aromatic amines is 4. The zero-order valence-electron chi connectivity index (χ0n) is 78.5. The highest BCUT2D eigenvalue weighted by Crippen LogP contribution is 2.28. The Bertz CT molecular complexity index is 5390. The van der Waals surface area contributed by atoms with Crippen LogP contribution < -0.4 is 104 Å². The van der Waals surface area contributed by atoms with E-state index < -0.39 is 161 Å². The third-order valence-electron chi connectivity index (χ3n) is 24.9. The number of aromatic nitrogens is 4. The van der Waals surface area contributed by atoms with E-state index in [0.717, 1.165) is 0 Å². The molecule has 8 aromatic rings. The third kappa shape index (κ3) is 31.0. The highest BCUT2D eigenvalue weighted by atomic mass is 16.4. The highest BCUT2D eigenvalue weighted by molar-refractivity contribution is 6.02. The number of carbonyl (C=O) groups excluding carboxylic acids is 12. The van der Waals surface area contributed by atoms with Gasteiger partial charge in [-0.15, -0.1) is 0 Å². The van der Waals surface area contributed by atoms with Crippen molar-refractivity contribution >= 4 is 132 Å². The molecule has 12 amide bonds. The summed E-state index contributed by atoms with van der Waals surface area (Å²) in [4.78, 5) is 208. The fourth-order valence-electron chi connectivity index (χ4n) is 17.0. The quantitative estimate of drug-likeness (QED) is 0.0148. The summed E-state index contributed by atoms with van der Waals surface area (Å²) < 4.78 is 0. The van der Waals surface area contributed by atoms with Gasteiger partial charge in [-0.25, -0.2) is 4.79 Å². The van der Waals surface area contributed by atoms with Gasteiger partial charge in [-0.05, 0) is 187 Å². The van der Waals surface area contributed by atoms with Crippen LogP contribution in [0.2, 0.25) is 0 Å². The Morgan fingerprint density at radius 2 is 0.721 bits per heavy atom. The second-order valence-electron chi connectivity index (χ2n) is 36.0. The number of unbranched alkanes of at least 4 members (excludes halogenated alkanes) is 3. The fraction of sp³-hybridized carbons (Fsp3) is 0.510. The molecular formula is C96H140N26O14. The zero-order valence-corrected chi connectivity index (χ0v) is 78.5. The van der Waals surface area contributed by atoms with Crippen LogP contribution in [-0.4, -0.2) is 237 Å². The number of carboxylic acid groups (broad SMARTS) is 1. The maximum atomic E-state index is 16.1. The van der Waals surface area contributed by atoms with Crippen molar-refractivity contribution in [3.05, 3.63) is 144 Å². The lowest BCUT2D eigenvalue weighted by molar-refractivity contribution is -0.143. The van der Waals surface area contributed by atoms with Crippen LogP contribution in [0.5, 0.6) is 0 Å². The number of hydrogen-bond donors (Lipinski definition) is 26. The molecule has 0 bridgehead atoms. The van der Waals surface area contributed by atoms with Gasteiger partial charge in [0.15, 0.2) is 11.9 Å². The largest absolute Gasteiger partial charge is 0.480 e. The summed E-state index contributed by atoms with van der Waals surface area (Å²) in [6, 6.07) is 11.6. The van der Waals surface area contributed by atoms with E-state index in [-0.39, 0.29) is 153 Å². The van der Waals surface area contributed by atoms with E-state index in [4.69, 9.17) is 45.2 Å². The summed E-state index contributed by atoms with van der Waals surface area (Å²) in [5.41, 5.74) is 40.3. The molecule has 40 heteroatoms. The summed E-state index contributed by atoms with van der Waals surface area (Å²) in [7, 11) is 0. The van der Waals surface area contributed by atoms with Crippen LogP contribution in [-0.2, 0) is 88.0 Å². The average Bonchev–Trinajstić information content (AvgIpc) is 1.66. The molecule has 0 aliphatic carbocycles. The number of amides is 12. The van der Waals surface area contributed by atoms with E-state index in [9.17, 15) is 33.9 Å². The predicted octanol–water partition coefficient (Wildman–Crippen LogP) is 2.28. The number of fused-ring (bicyclic) bond motifs is 4. The van der Waals surface area contributed by atoms with Crippen LogP contribution in [0.25, 0.3) is 43.6 Å². The third-order valence-corrected chi connectivity index (χ3v) is 24.9. The Balaban J connectivity index is 1.01. The number of rotatable bonds is 57. The van der Waals surface area contributed by atoms with Crippen molar-refractivity contribution < 1.29 is 67.4 Å². The predicted molar refractivity (Wildman–Crippen MR) is 520 cm³/mol. The monoisotopic (exact) mass is 1880 g/mol. The number of para-hydroxylation sites is 4. The summed E-state index contributed by atoms with van der Waals surface area (Å²) in [5.74, 6) is -12.4. The molecule has 0 spiro atoms. The van der Waals surface area contributed by atoms with Crippen molar-refractivity contribution in [2.75, 3.05) is 39.3 Å². The molecule has 14 atom stereocenters. The first kappa shape index (κ1) is 106. The number of carboxylic acids is 1. The van der Waals surface area contributed by atoms with Gasteiger partial charge in [-0.1, -0.05) is 121 Å². The molecule has 5 heterocycles. The summed E-state index contributed by atoms with van der Waals surface area (Å²) >= 11 is 0. The molecule has 40 nitrogen and oxygen atoms in total. The first-order chi connectivity index (χ1) is 65.2. The minimum Gasteiger partial charge on any atom is -0.480 e. The number of aliphatic carboxylic acids is 1. The Morgan fingerprint density at radius 1 is 0.404 bits per heavy atom. The van der Waals surface area contributed by atoms with Crippen LogP contribution in [0, 0.1) is 28.6 Å². The van der Waals surface area contributed by atoms with E-state index >= 15 is 33.6 Å². The number of carbonyl (C=O) groups is 13. The Labute approximate surface area is 791 Å². The maximum Gasteiger partial charge on any atom is 0.326 e. The average molecular weight is 1880 g/mol. The van der Waals surface area contributed by atoms with Gasteiger partial charge in [0.1, 0.15) is 72.5 Å². The van der Waals surface area contributed by atoms with Crippen molar-refractivity contribution in [1.82, 2.24) is 94.0 Å². The number of nitrogens with two attached hydrogens (primary N) is 6. The van der Waals surface area contributed by atoms with Gasteiger partial charge in [0.05, 0.1) is 6.04 Å². The molecule has 32 N–H and O–H groups in total. The SMILES string of the molecule is CC[C@H](C)[C@H](N)C(=O)N[C@@H](CC(C)C)C(=O)N[C@@H](CCCCN)C(=O)N[C@@H](CCCCN)C(=O)N[C@@H](Cc1c[nH]c2ccccc12)C(=O)N[C@H](C(=O)N[C@@H](Cc1c[nH]c2ccccc12)C(=O)N[C@@H](Cc1c[nH]c2ccccc12)C(=O)N1CCC[C@H]1C(=O)N[C@@H](Cc1c[nH]c2ccccc12)C(=O)N[C@@H](CCCNC(=N)N)C(=O)N[C@@H](CCCNC(=N)N)C(=O)N[C@@H](CCCCN)C(=O)O)C(C)C. The highest BCUT2D eigenvalue weighted by Gasteiger charge is 2.43. The Morgan fingerprint density at radius 3 is 1.09 bits per heavy atom. The lowest BCUT2D eigenvalue weighted by Crippen LogP contribution is -2.62. The van der Waals surface area contributed by atoms with Gasteiger partial charge in [0, 0.05) is 114 Å². The van der Waals surface area contributed by atoms with Crippen LogP contribution in [0.1, 0.15) is 173 Å². The van der Waals surface area contributed by atoms with E-state index in [1.165, 1.54) is 4.90 Å². The summed E-state index contributed by atoms with van der Waals surface area (Å²) in [6.07, 6.45) is 9.83. The first-order valence-electron chi connectivity index (χ1n) is 47.3. The van der Waals surface area contributed by atoms with Gasteiger partial charge < -0.3 is 133 Å². The van der Waals surface area contributed by atoms with Gasteiger partial charge in [-0.3, -0.25) is 68.4 Å². The topological polar surface area (TPSA) is 669 Å². The van der Waals surface area contributed by atoms with Crippen molar-refractivity contribution in [3.63, 3.8) is 0 Å².